The molecule has 0 rings (SSSR count). The standard InChI is InChI=1S/C13H24O4/c1-6-12(14)17-10-8-15-7-9-16-11(2)13(3,4)5/h6,11H,1,7-10H2,2-5H3. The Morgan fingerprint density at radius 3 is 2.35 bits per heavy atom. The molecular formula is C13H24O4. The molecule has 0 aliphatic carbocycles. The number of rotatable bonds is 8. The minimum Gasteiger partial charge on any atom is -0.460 e. The summed E-state index contributed by atoms with van der Waals surface area (Å²) in [4.78, 5) is 10.7. The van der Waals surface area contributed by atoms with Crippen LogP contribution in [0.15, 0.2) is 12.7 Å². The maximum absolute atomic E-state index is 10.7. The second-order valence-corrected chi connectivity index (χ2v) is 4.86. The Hall–Kier alpha value is -0.870. The lowest BCUT2D eigenvalue weighted by Crippen LogP contribution is -2.27. The van der Waals surface area contributed by atoms with Crippen LogP contribution in [0.1, 0.15) is 27.7 Å². The fourth-order valence-corrected chi connectivity index (χ4v) is 0.896. The van der Waals surface area contributed by atoms with Crippen LogP contribution in [0.4, 0.5) is 0 Å². The molecule has 0 aliphatic rings. The van der Waals surface area contributed by atoms with E-state index in [-0.39, 0.29) is 18.1 Å². The van der Waals surface area contributed by atoms with Gasteiger partial charge >= 0.3 is 5.97 Å². The van der Waals surface area contributed by atoms with E-state index < -0.39 is 5.97 Å². The summed E-state index contributed by atoms with van der Waals surface area (Å²) in [5.74, 6) is -0.425. The third-order valence-electron chi connectivity index (χ3n) is 2.45. The molecule has 0 N–H and O–H groups in total. The first-order valence-electron chi connectivity index (χ1n) is 5.86. The maximum Gasteiger partial charge on any atom is 0.330 e. The molecule has 17 heavy (non-hydrogen) atoms. The van der Waals surface area contributed by atoms with Crippen molar-refractivity contribution in [1.29, 1.82) is 0 Å². The summed E-state index contributed by atoms with van der Waals surface area (Å²) < 4.78 is 15.6. The van der Waals surface area contributed by atoms with Crippen molar-refractivity contribution in [1.82, 2.24) is 0 Å². The molecule has 0 aromatic heterocycles. The Morgan fingerprint density at radius 1 is 1.24 bits per heavy atom. The molecule has 0 heterocycles. The zero-order valence-electron chi connectivity index (χ0n) is 11.3. The highest BCUT2D eigenvalue weighted by Crippen LogP contribution is 2.21. The first-order chi connectivity index (χ1) is 7.88. The summed E-state index contributed by atoms with van der Waals surface area (Å²) in [7, 11) is 0. The van der Waals surface area contributed by atoms with E-state index >= 15 is 0 Å². The van der Waals surface area contributed by atoms with Gasteiger partial charge in [-0.05, 0) is 12.3 Å². The number of carbonyl (C=O) groups excluding carboxylic acids is 1. The zero-order chi connectivity index (χ0) is 13.3. The summed E-state index contributed by atoms with van der Waals surface area (Å²) in [6, 6.07) is 0. The predicted octanol–water partition coefficient (Wildman–Crippen LogP) is 2.18. The molecule has 0 aliphatic heterocycles. The van der Waals surface area contributed by atoms with Gasteiger partial charge in [-0.3, -0.25) is 0 Å². The van der Waals surface area contributed by atoms with Crippen molar-refractivity contribution in [2.75, 3.05) is 26.4 Å². The van der Waals surface area contributed by atoms with E-state index in [1.165, 1.54) is 0 Å². The van der Waals surface area contributed by atoms with Crippen LogP contribution in [-0.2, 0) is 19.0 Å². The van der Waals surface area contributed by atoms with Crippen LogP contribution in [0.2, 0.25) is 0 Å². The highest BCUT2D eigenvalue weighted by atomic mass is 16.6. The topological polar surface area (TPSA) is 44.8 Å². The normalized spacial score (nSPS) is 13.2. The Balaban J connectivity index is 3.35. The molecule has 0 saturated carbocycles. The molecule has 0 aromatic carbocycles. The quantitative estimate of drug-likeness (QED) is 0.373. The van der Waals surface area contributed by atoms with Crippen LogP contribution in [0, 0.1) is 5.41 Å². The average molecular weight is 244 g/mol. The molecule has 0 aromatic rings. The van der Waals surface area contributed by atoms with Crippen molar-refractivity contribution in [2.24, 2.45) is 5.41 Å². The Kier molecular flexibility index (Phi) is 7.83. The summed E-state index contributed by atoms with van der Waals surface area (Å²) in [6.45, 7) is 13.4. The number of esters is 1. The lowest BCUT2D eigenvalue weighted by molar-refractivity contribution is -0.139. The third-order valence-corrected chi connectivity index (χ3v) is 2.45. The van der Waals surface area contributed by atoms with Gasteiger partial charge in [0.1, 0.15) is 6.61 Å². The maximum atomic E-state index is 10.7. The Morgan fingerprint density at radius 2 is 1.82 bits per heavy atom. The Bertz CT molecular complexity index is 230. The predicted molar refractivity (Wildman–Crippen MR) is 66.8 cm³/mol. The average Bonchev–Trinajstić information content (AvgIpc) is 2.25. The zero-order valence-corrected chi connectivity index (χ0v) is 11.3. The van der Waals surface area contributed by atoms with E-state index in [0.717, 1.165) is 6.08 Å². The van der Waals surface area contributed by atoms with Gasteiger partial charge in [-0.1, -0.05) is 27.4 Å². The van der Waals surface area contributed by atoms with Crippen molar-refractivity contribution in [3.63, 3.8) is 0 Å². The van der Waals surface area contributed by atoms with E-state index in [1.807, 2.05) is 6.92 Å². The summed E-state index contributed by atoms with van der Waals surface area (Å²) in [6.07, 6.45) is 1.32. The molecule has 0 bridgehead atoms. The van der Waals surface area contributed by atoms with Gasteiger partial charge in [-0.2, -0.15) is 0 Å². The summed E-state index contributed by atoms with van der Waals surface area (Å²) >= 11 is 0. The van der Waals surface area contributed by atoms with Gasteiger partial charge in [0.25, 0.3) is 0 Å². The van der Waals surface area contributed by atoms with Crippen molar-refractivity contribution >= 4 is 5.97 Å². The lowest BCUT2D eigenvalue weighted by Gasteiger charge is -2.27. The monoisotopic (exact) mass is 244 g/mol. The molecule has 1 atom stereocenters. The third kappa shape index (κ3) is 8.89. The van der Waals surface area contributed by atoms with Gasteiger partial charge in [0.05, 0.1) is 25.9 Å². The molecule has 0 spiro atoms. The number of hydrogen-bond donors (Lipinski definition) is 0. The van der Waals surface area contributed by atoms with E-state index in [0.29, 0.717) is 19.8 Å². The van der Waals surface area contributed by atoms with Crippen LogP contribution in [0.3, 0.4) is 0 Å². The van der Waals surface area contributed by atoms with Gasteiger partial charge in [0.2, 0.25) is 0 Å². The molecule has 100 valence electrons. The van der Waals surface area contributed by atoms with E-state index in [2.05, 4.69) is 27.4 Å². The minimum atomic E-state index is -0.425. The van der Waals surface area contributed by atoms with Crippen molar-refractivity contribution in [3.8, 4) is 0 Å². The smallest absolute Gasteiger partial charge is 0.330 e. The molecule has 0 saturated heterocycles. The van der Waals surface area contributed by atoms with Gasteiger partial charge in [0, 0.05) is 6.08 Å². The highest BCUT2D eigenvalue weighted by Gasteiger charge is 2.19. The molecule has 0 fully saturated rings. The summed E-state index contributed by atoms with van der Waals surface area (Å²) in [5, 5.41) is 0. The fraction of sp³-hybridized carbons (Fsp3) is 0.769. The van der Waals surface area contributed by atoms with Crippen LogP contribution >= 0.6 is 0 Å². The van der Waals surface area contributed by atoms with Crippen molar-refractivity contribution < 1.29 is 19.0 Å². The number of carbonyl (C=O) groups is 1. The largest absolute Gasteiger partial charge is 0.460 e. The fourth-order valence-electron chi connectivity index (χ4n) is 0.896. The first-order valence-corrected chi connectivity index (χ1v) is 5.86. The SMILES string of the molecule is C=CC(=O)OCCOCCOC(C)C(C)(C)C. The minimum absolute atomic E-state index is 0.138. The summed E-state index contributed by atoms with van der Waals surface area (Å²) in [5.41, 5.74) is 0.138. The van der Waals surface area contributed by atoms with Crippen LogP contribution in [0.5, 0.6) is 0 Å². The molecule has 4 nitrogen and oxygen atoms in total. The molecule has 1 unspecified atom stereocenters. The Labute approximate surface area is 104 Å². The van der Waals surface area contributed by atoms with Crippen LogP contribution < -0.4 is 0 Å². The highest BCUT2D eigenvalue weighted by molar-refractivity contribution is 5.81. The molecule has 0 radical (unpaired) electrons. The van der Waals surface area contributed by atoms with E-state index in [4.69, 9.17) is 14.2 Å². The van der Waals surface area contributed by atoms with Crippen LogP contribution in [-0.4, -0.2) is 38.5 Å². The lowest BCUT2D eigenvalue weighted by atomic mass is 9.90. The van der Waals surface area contributed by atoms with Crippen LogP contribution in [0.25, 0.3) is 0 Å². The second-order valence-electron chi connectivity index (χ2n) is 4.86. The van der Waals surface area contributed by atoms with Gasteiger partial charge in [-0.15, -0.1) is 0 Å². The molecule has 4 heteroatoms. The second kappa shape index (κ2) is 8.25. The van der Waals surface area contributed by atoms with Gasteiger partial charge in [-0.25, -0.2) is 4.79 Å². The number of hydrogen-bond acceptors (Lipinski definition) is 4. The van der Waals surface area contributed by atoms with Gasteiger partial charge in [0.15, 0.2) is 0 Å². The first kappa shape index (κ1) is 16.1. The van der Waals surface area contributed by atoms with E-state index in [1.54, 1.807) is 0 Å². The van der Waals surface area contributed by atoms with Crippen molar-refractivity contribution in [3.05, 3.63) is 12.7 Å². The van der Waals surface area contributed by atoms with E-state index in [9.17, 15) is 4.79 Å². The van der Waals surface area contributed by atoms with Crippen molar-refractivity contribution in [2.45, 2.75) is 33.8 Å². The molecule has 0 amide bonds. The van der Waals surface area contributed by atoms with Gasteiger partial charge < -0.3 is 14.2 Å². The number of ether oxygens (including phenoxy) is 3. The molecular weight excluding hydrogens is 220 g/mol.